The first-order chi connectivity index (χ1) is 4.74. The van der Waals surface area contributed by atoms with Crippen molar-refractivity contribution in [3.8, 4) is 0 Å². The lowest BCUT2D eigenvalue weighted by molar-refractivity contribution is 0.315. The average molecular weight is 157 g/mol. The van der Waals surface area contributed by atoms with Crippen LogP contribution in [0.1, 0.15) is 4.88 Å². The van der Waals surface area contributed by atoms with E-state index in [1.54, 1.807) is 6.20 Å². The largest absolute Gasteiger partial charge is 0.289 e. The summed E-state index contributed by atoms with van der Waals surface area (Å²) >= 11 is 1.33. The van der Waals surface area contributed by atoms with Gasteiger partial charge in [-0.2, -0.15) is 5.06 Å². The van der Waals surface area contributed by atoms with Crippen LogP contribution in [0.15, 0.2) is 6.20 Å². The molecular weight excluding hydrogens is 150 g/mol. The third kappa shape index (κ3) is 1.31. The minimum atomic E-state index is 0.424. The number of nitrogens with zero attached hydrogens (tertiary/aromatic N) is 2. The maximum Gasteiger partial charge on any atom is 0.215 e. The molecule has 1 aromatic heterocycles. The van der Waals surface area contributed by atoms with E-state index in [0.717, 1.165) is 11.2 Å². The second-order valence-electron chi connectivity index (χ2n) is 1.73. The molecule has 0 amide bonds. The molecule has 10 heavy (non-hydrogen) atoms. The maximum atomic E-state index is 8.88. The van der Waals surface area contributed by atoms with Gasteiger partial charge in [-0.1, -0.05) is 11.3 Å². The van der Waals surface area contributed by atoms with Crippen molar-refractivity contribution >= 4 is 22.8 Å². The van der Waals surface area contributed by atoms with Crippen LogP contribution in [0.3, 0.4) is 0 Å². The van der Waals surface area contributed by atoms with Gasteiger partial charge in [-0.05, 0) is 6.92 Å². The van der Waals surface area contributed by atoms with Crippen LogP contribution >= 0.6 is 11.3 Å². The molecule has 1 aromatic rings. The van der Waals surface area contributed by atoms with Gasteiger partial charge in [-0.15, -0.1) is 0 Å². The van der Waals surface area contributed by atoms with E-state index in [1.165, 1.54) is 11.3 Å². The quantitative estimate of drug-likeness (QED) is 0.386. The smallest absolute Gasteiger partial charge is 0.215 e. The van der Waals surface area contributed by atoms with Gasteiger partial charge in [0.25, 0.3) is 0 Å². The summed E-state index contributed by atoms with van der Waals surface area (Å²) in [5, 5.41) is 16.7. The fraction of sp³-hybridized carbons (Fsp3) is 0.200. The van der Waals surface area contributed by atoms with Crippen LogP contribution < -0.4 is 5.06 Å². The maximum absolute atomic E-state index is 8.88. The van der Waals surface area contributed by atoms with Crippen LogP contribution in [-0.2, 0) is 0 Å². The number of hydrogen-bond acceptors (Lipinski definition) is 4. The van der Waals surface area contributed by atoms with Crippen molar-refractivity contribution in [2.75, 3.05) is 5.06 Å². The Morgan fingerprint density at radius 1 is 1.90 bits per heavy atom. The highest BCUT2D eigenvalue weighted by Crippen LogP contribution is 2.18. The highest BCUT2D eigenvalue weighted by Gasteiger charge is 2.02. The second-order valence-corrected chi connectivity index (χ2v) is 2.94. The van der Waals surface area contributed by atoms with Crippen LogP contribution in [0, 0.1) is 12.3 Å². The molecule has 0 fully saturated rings. The van der Waals surface area contributed by atoms with Crippen LogP contribution in [0.2, 0.25) is 0 Å². The Morgan fingerprint density at radius 2 is 2.60 bits per heavy atom. The summed E-state index contributed by atoms with van der Waals surface area (Å²) in [6.45, 7) is 1.89. The number of anilines is 1. The van der Waals surface area contributed by atoms with E-state index in [4.69, 9.17) is 10.6 Å². The van der Waals surface area contributed by atoms with Crippen molar-refractivity contribution in [2.24, 2.45) is 0 Å². The summed E-state index contributed by atoms with van der Waals surface area (Å²) in [6.07, 6.45) is 2.45. The number of nitrogens with one attached hydrogen (secondary N) is 1. The van der Waals surface area contributed by atoms with Crippen molar-refractivity contribution in [1.82, 2.24) is 4.98 Å². The molecule has 4 nitrogen and oxygen atoms in total. The normalized spacial score (nSPS) is 9.40. The zero-order chi connectivity index (χ0) is 7.56. The molecule has 0 saturated carbocycles. The van der Waals surface area contributed by atoms with E-state index in [9.17, 15) is 0 Å². The predicted octanol–water partition coefficient (Wildman–Crippen LogP) is 1.25. The van der Waals surface area contributed by atoms with Gasteiger partial charge in [0.1, 0.15) is 6.34 Å². The lowest BCUT2D eigenvalue weighted by Gasteiger charge is -2.02. The number of aromatic nitrogens is 1. The Bertz CT molecular complexity index is 235. The number of hydrogen-bond donors (Lipinski definition) is 2. The molecule has 0 bridgehead atoms. The van der Waals surface area contributed by atoms with E-state index >= 15 is 0 Å². The van der Waals surface area contributed by atoms with Crippen molar-refractivity contribution < 1.29 is 5.21 Å². The highest BCUT2D eigenvalue weighted by atomic mass is 32.1. The molecule has 0 unspecified atom stereocenters. The standard InChI is InChI=1S/C5H7N3OS/c1-4-2-7-5(10-4)8(9)3-6/h2-3,6,9H,1H3. The summed E-state index contributed by atoms with van der Waals surface area (Å²) in [6, 6.07) is 0. The molecule has 54 valence electrons. The first-order valence-electron chi connectivity index (χ1n) is 2.65. The van der Waals surface area contributed by atoms with Gasteiger partial charge in [-0.25, -0.2) is 4.98 Å². The summed E-state index contributed by atoms with van der Waals surface area (Å²) in [4.78, 5) is 4.84. The molecule has 0 spiro atoms. The minimum Gasteiger partial charge on any atom is -0.289 e. The molecule has 0 aliphatic carbocycles. The van der Waals surface area contributed by atoms with Gasteiger partial charge >= 0.3 is 0 Å². The Hall–Kier alpha value is -0.940. The van der Waals surface area contributed by atoms with E-state index in [0.29, 0.717) is 10.2 Å². The van der Waals surface area contributed by atoms with Crippen LogP contribution in [-0.4, -0.2) is 16.5 Å². The zero-order valence-electron chi connectivity index (χ0n) is 5.40. The Kier molecular flexibility index (Phi) is 1.98. The fourth-order valence-electron chi connectivity index (χ4n) is 0.504. The molecule has 0 aromatic carbocycles. The fourth-order valence-corrected chi connectivity index (χ4v) is 1.15. The van der Waals surface area contributed by atoms with Gasteiger partial charge in [0.2, 0.25) is 5.13 Å². The van der Waals surface area contributed by atoms with Crippen LogP contribution in [0.25, 0.3) is 0 Å². The van der Waals surface area contributed by atoms with Crippen LogP contribution in [0.5, 0.6) is 0 Å². The Morgan fingerprint density at radius 3 is 3.00 bits per heavy atom. The molecule has 5 heteroatoms. The summed E-state index contributed by atoms with van der Waals surface area (Å²) < 4.78 is 0. The number of rotatable bonds is 2. The molecule has 0 aliphatic rings. The lowest BCUT2D eigenvalue weighted by atomic mass is 10.7. The van der Waals surface area contributed by atoms with Gasteiger partial charge in [0.05, 0.1) is 0 Å². The molecule has 0 saturated heterocycles. The third-order valence-corrected chi connectivity index (χ3v) is 1.83. The molecule has 0 radical (unpaired) electrons. The molecule has 1 rings (SSSR count). The molecule has 2 N–H and O–H groups in total. The second kappa shape index (κ2) is 2.76. The van der Waals surface area contributed by atoms with Crippen molar-refractivity contribution in [2.45, 2.75) is 6.92 Å². The number of thiazole rings is 1. The Balaban J connectivity index is 2.84. The Labute approximate surface area is 62.2 Å². The zero-order valence-corrected chi connectivity index (χ0v) is 6.22. The highest BCUT2D eigenvalue weighted by molar-refractivity contribution is 7.15. The molecule has 1 heterocycles. The SMILES string of the molecule is Cc1cnc(N(O)C=N)s1. The monoisotopic (exact) mass is 157 g/mol. The summed E-state index contributed by atoms with van der Waals surface area (Å²) in [5.41, 5.74) is 0. The van der Waals surface area contributed by atoms with Crippen molar-refractivity contribution in [3.63, 3.8) is 0 Å². The van der Waals surface area contributed by atoms with E-state index in [2.05, 4.69) is 4.98 Å². The average Bonchev–Trinajstić information content (AvgIpc) is 2.34. The number of hydroxylamine groups is 1. The van der Waals surface area contributed by atoms with Gasteiger partial charge < -0.3 is 0 Å². The minimum absolute atomic E-state index is 0.424. The number of aryl methyl sites for hydroxylation is 1. The van der Waals surface area contributed by atoms with E-state index in [-0.39, 0.29) is 0 Å². The van der Waals surface area contributed by atoms with Crippen molar-refractivity contribution in [1.29, 1.82) is 5.41 Å². The summed E-state index contributed by atoms with van der Waals surface area (Å²) in [5.74, 6) is 0. The predicted molar refractivity (Wildman–Crippen MR) is 39.9 cm³/mol. The molecule has 0 aliphatic heterocycles. The molecular formula is C5H7N3OS. The van der Waals surface area contributed by atoms with Gasteiger partial charge in [-0.3, -0.25) is 10.6 Å². The topological polar surface area (TPSA) is 60.2 Å². The van der Waals surface area contributed by atoms with Gasteiger partial charge in [0, 0.05) is 11.1 Å². The first-order valence-corrected chi connectivity index (χ1v) is 3.47. The van der Waals surface area contributed by atoms with Crippen molar-refractivity contribution in [3.05, 3.63) is 11.1 Å². The first kappa shape index (κ1) is 7.17. The van der Waals surface area contributed by atoms with Gasteiger partial charge in [0.15, 0.2) is 0 Å². The lowest BCUT2D eigenvalue weighted by Crippen LogP contribution is -2.13. The molecule has 0 atom stereocenters. The van der Waals surface area contributed by atoms with Crippen LogP contribution in [0.4, 0.5) is 5.13 Å². The summed E-state index contributed by atoms with van der Waals surface area (Å²) in [7, 11) is 0. The third-order valence-electron chi connectivity index (χ3n) is 0.927. The van der Waals surface area contributed by atoms with E-state index < -0.39 is 0 Å². The van der Waals surface area contributed by atoms with E-state index in [1.807, 2.05) is 6.92 Å².